The standard InChI is InChI=1S/C8H5F6NO/c9-7(10,11)4-1-2-6(5(15)3-4)16-8(12,13)14/h1-3H,15H2. The van der Waals surface area contributed by atoms with Gasteiger partial charge in [-0.25, -0.2) is 0 Å². The Bertz CT molecular complexity index is 383. The molecule has 1 rings (SSSR count). The van der Waals surface area contributed by atoms with E-state index in [-0.39, 0.29) is 0 Å². The summed E-state index contributed by atoms with van der Waals surface area (Å²) in [5.74, 6) is -0.861. The highest BCUT2D eigenvalue weighted by Crippen LogP contribution is 2.35. The van der Waals surface area contributed by atoms with E-state index >= 15 is 0 Å². The number of anilines is 1. The monoisotopic (exact) mass is 245 g/mol. The molecule has 0 unspecified atom stereocenters. The van der Waals surface area contributed by atoms with Crippen LogP contribution in [-0.2, 0) is 6.18 Å². The van der Waals surface area contributed by atoms with E-state index in [1.165, 1.54) is 0 Å². The SMILES string of the molecule is Nc1cc(C(F)(F)F)ccc1OC(F)(F)F. The molecule has 2 N–H and O–H groups in total. The summed E-state index contributed by atoms with van der Waals surface area (Å²) >= 11 is 0. The second-order valence-electron chi connectivity index (χ2n) is 2.80. The molecule has 1 aromatic rings. The van der Waals surface area contributed by atoms with Crippen LogP contribution in [0.5, 0.6) is 5.75 Å². The third-order valence-electron chi connectivity index (χ3n) is 1.56. The van der Waals surface area contributed by atoms with Crippen molar-refractivity contribution in [2.45, 2.75) is 12.5 Å². The molecule has 0 saturated heterocycles. The summed E-state index contributed by atoms with van der Waals surface area (Å²) < 4.78 is 75.0. The van der Waals surface area contributed by atoms with Gasteiger partial charge in [0.2, 0.25) is 0 Å². The van der Waals surface area contributed by atoms with Crippen molar-refractivity contribution in [1.82, 2.24) is 0 Å². The van der Waals surface area contributed by atoms with Gasteiger partial charge < -0.3 is 10.5 Å². The number of alkyl halides is 6. The summed E-state index contributed by atoms with van der Waals surface area (Å²) in [6.45, 7) is 0. The number of halogens is 6. The Labute approximate surface area is 85.6 Å². The molecule has 0 fully saturated rings. The first-order chi connectivity index (χ1) is 7.09. The van der Waals surface area contributed by atoms with E-state index in [0.717, 1.165) is 0 Å². The normalized spacial score (nSPS) is 12.6. The Morgan fingerprint density at radius 2 is 1.56 bits per heavy atom. The van der Waals surface area contributed by atoms with Crippen molar-refractivity contribution < 1.29 is 31.1 Å². The molecular formula is C8H5F6NO. The Balaban J connectivity index is 3.01. The number of rotatable bonds is 1. The van der Waals surface area contributed by atoms with Crippen molar-refractivity contribution in [3.05, 3.63) is 23.8 Å². The molecule has 0 aliphatic heterocycles. The number of benzene rings is 1. The lowest BCUT2D eigenvalue weighted by Crippen LogP contribution is -2.18. The maximum absolute atomic E-state index is 12.1. The smallest absolute Gasteiger partial charge is 0.404 e. The fourth-order valence-electron chi connectivity index (χ4n) is 0.942. The molecule has 0 spiro atoms. The Kier molecular flexibility index (Phi) is 2.93. The number of nitrogens with two attached hydrogens (primary N) is 1. The fourth-order valence-corrected chi connectivity index (χ4v) is 0.942. The van der Waals surface area contributed by atoms with Crippen LogP contribution in [0, 0.1) is 0 Å². The summed E-state index contributed by atoms with van der Waals surface area (Å²) in [5, 5.41) is 0. The van der Waals surface area contributed by atoms with E-state index in [0.29, 0.717) is 18.2 Å². The first kappa shape index (κ1) is 12.5. The van der Waals surface area contributed by atoms with Crippen molar-refractivity contribution in [3.63, 3.8) is 0 Å². The summed E-state index contributed by atoms with van der Waals surface area (Å²) in [5.41, 5.74) is 3.13. The van der Waals surface area contributed by atoms with Gasteiger partial charge in [-0.1, -0.05) is 0 Å². The molecule has 8 heteroatoms. The Hall–Kier alpha value is -1.60. The van der Waals surface area contributed by atoms with Crippen LogP contribution in [-0.4, -0.2) is 6.36 Å². The van der Waals surface area contributed by atoms with Crippen LogP contribution in [0.3, 0.4) is 0 Å². The molecule has 0 aliphatic rings. The first-order valence-corrected chi connectivity index (χ1v) is 3.82. The molecular weight excluding hydrogens is 240 g/mol. The van der Waals surface area contributed by atoms with Gasteiger partial charge in [-0.2, -0.15) is 13.2 Å². The van der Waals surface area contributed by atoms with E-state index in [1.54, 1.807) is 0 Å². The lowest BCUT2D eigenvalue weighted by molar-refractivity contribution is -0.274. The highest BCUT2D eigenvalue weighted by molar-refractivity contribution is 5.54. The van der Waals surface area contributed by atoms with Gasteiger partial charge in [0.15, 0.2) is 5.75 Å². The van der Waals surface area contributed by atoms with Crippen molar-refractivity contribution in [1.29, 1.82) is 0 Å². The lowest BCUT2D eigenvalue weighted by atomic mass is 10.2. The molecule has 0 saturated carbocycles. The highest BCUT2D eigenvalue weighted by atomic mass is 19.4. The summed E-state index contributed by atoms with van der Waals surface area (Å²) in [4.78, 5) is 0. The van der Waals surface area contributed by atoms with Crippen LogP contribution in [0.2, 0.25) is 0 Å². The zero-order valence-electron chi connectivity index (χ0n) is 7.49. The third-order valence-corrected chi connectivity index (χ3v) is 1.56. The first-order valence-electron chi connectivity index (χ1n) is 3.82. The van der Waals surface area contributed by atoms with Crippen molar-refractivity contribution >= 4 is 5.69 Å². The number of hydrogen-bond donors (Lipinski definition) is 1. The summed E-state index contributed by atoms with van der Waals surface area (Å²) in [6.07, 6.45) is -9.65. The average Bonchev–Trinajstić information content (AvgIpc) is 2.04. The molecule has 1 aromatic carbocycles. The predicted molar refractivity (Wildman–Crippen MR) is 42.5 cm³/mol. The van der Waals surface area contributed by atoms with Gasteiger partial charge >= 0.3 is 12.5 Å². The predicted octanol–water partition coefficient (Wildman–Crippen LogP) is 3.19. The van der Waals surface area contributed by atoms with Gasteiger partial charge in [-0.3, -0.25) is 0 Å². The maximum atomic E-state index is 12.1. The van der Waals surface area contributed by atoms with Crippen molar-refractivity contribution in [2.24, 2.45) is 0 Å². The van der Waals surface area contributed by atoms with Gasteiger partial charge in [0.05, 0.1) is 11.3 Å². The topological polar surface area (TPSA) is 35.2 Å². The van der Waals surface area contributed by atoms with Gasteiger partial charge in [-0.15, -0.1) is 13.2 Å². The lowest BCUT2D eigenvalue weighted by Gasteiger charge is -2.13. The third kappa shape index (κ3) is 3.21. The second kappa shape index (κ2) is 3.76. The molecule has 0 amide bonds. The van der Waals surface area contributed by atoms with Crippen molar-refractivity contribution in [2.75, 3.05) is 5.73 Å². The molecule has 0 bridgehead atoms. The molecule has 2 nitrogen and oxygen atoms in total. The minimum atomic E-state index is -4.99. The quantitative estimate of drug-likeness (QED) is 0.609. The number of hydrogen-bond acceptors (Lipinski definition) is 2. The van der Waals surface area contributed by atoms with E-state index in [1.807, 2.05) is 0 Å². The largest absolute Gasteiger partial charge is 0.573 e. The van der Waals surface area contributed by atoms with E-state index in [2.05, 4.69) is 4.74 Å². The molecule has 0 aliphatic carbocycles. The molecule has 0 radical (unpaired) electrons. The number of nitrogen functional groups attached to an aromatic ring is 1. The van der Waals surface area contributed by atoms with Crippen LogP contribution < -0.4 is 10.5 Å². The van der Waals surface area contributed by atoms with Crippen molar-refractivity contribution in [3.8, 4) is 5.75 Å². The fraction of sp³-hybridized carbons (Fsp3) is 0.250. The van der Waals surface area contributed by atoms with Crippen LogP contribution in [0.4, 0.5) is 32.0 Å². The zero-order valence-corrected chi connectivity index (χ0v) is 7.49. The Morgan fingerprint density at radius 3 is 1.94 bits per heavy atom. The zero-order chi connectivity index (χ0) is 12.6. The molecule has 90 valence electrons. The van der Waals surface area contributed by atoms with Crippen LogP contribution in [0.1, 0.15) is 5.56 Å². The van der Waals surface area contributed by atoms with E-state index in [4.69, 9.17) is 5.73 Å². The minimum absolute atomic E-state index is 0.376. The Morgan fingerprint density at radius 1 is 1.00 bits per heavy atom. The average molecular weight is 245 g/mol. The van der Waals surface area contributed by atoms with E-state index in [9.17, 15) is 26.3 Å². The summed E-state index contributed by atoms with van der Waals surface area (Å²) in [7, 11) is 0. The summed E-state index contributed by atoms with van der Waals surface area (Å²) in [6, 6.07) is 1.35. The highest BCUT2D eigenvalue weighted by Gasteiger charge is 2.34. The molecule has 0 aromatic heterocycles. The number of ether oxygens (including phenoxy) is 1. The van der Waals surface area contributed by atoms with Gasteiger partial charge in [-0.05, 0) is 18.2 Å². The molecule has 0 atom stereocenters. The second-order valence-corrected chi connectivity index (χ2v) is 2.80. The van der Waals surface area contributed by atoms with Crippen LogP contribution in [0.15, 0.2) is 18.2 Å². The maximum Gasteiger partial charge on any atom is 0.573 e. The molecule has 16 heavy (non-hydrogen) atoms. The van der Waals surface area contributed by atoms with Gasteiger partial charge in [0.25, 0.3) is 0 Å². The minimum Gasteiger partial charge on any atom is -0.404 e. The van der Waals surface area contributed by atoms with Gasteiger partial charge in [0, 0.05) is 0 Å². The van der Waals surface area contributed by atoms with Crippen LogP contribution >= 0.6 is 0 Å². The molecule has 0 heterocycles. The van der Waals surface area contributed by atoms with E-state index < -0.39 is 29.5 Å². The van der Waals surface area contributed by atoms with Gasteiger partial charge in [0.1, 0.15) is 0 Å². The van der Waals surface area contributed by atoms with Crippen LogP contribution in [0.25, 0.3) is 0 Å².